The second-order valence-electron chi connectivity index (χ2n) is 3.47. The molecule has 0 heterocycles. The van der Waals surface area contributed by atoms with Crippen LogP contribution in [0.25, 0.3) is 0 Å². The molecule has 0 aromatic heterocycles. The lowest BCUT2D eigenvalue weighted by molar-refractivity contribution is 0.644. The van der Waals surface area contributed by atoms with Crippen LogP contribution in [0.1, 0.15) is 52.9 Å². The molecule has 0 aliphatic rings. The molecule has 0 spiro atoms. The predicted octanol–water partition coefficient (Wildman–Crippen LogP) is 4.65. The van der Waals surface area contributed by atoms with Crippen LogP contribution in [0, 0.1) is 0 Å². The van der Waals surface area contributed by atoms with Crippen LogP contribution in [0.5, 0.6) is 0 Å². The quantitative estimate of drug-likeness (QED) is 0.406. The molecule has 0 N–H and O–H groups in total. The van der Waals surface area contributed by atoms with Gasteiger partial charge in [0.2, 0.25) is 0 Å². The minimum atomic E-state index is 0.867. The topological polar surface area (TPSA) is 0 Å². The standard InChI is InChI=1S/C12H24S/c1-4-6-7-8-9-10-11-12(3)13-5-2/h4,6,12H,5,7-11H2,1-3H3. The van der Waals surface area contributed by atoms with Gasteiger partial charge in [-0.25, -0.2) is 0 Å². The van der Waals surface area contributed by atoms with Gasteiger partial charge in [0.1, 0.15) is 0 Å². The monoisotopic (exact) mass is 200 g/mol. The molecular formula is C12H24S. The Labute approximate surface area is 88.2 Å². The summed E-state index contributed by atoms with van der Waals surface area (Å²) < 4.78 is 0. The van der Waals surface area contributed by atoms with E-state index in [-0.39, 0.29) is 0 Å². The maximum atomic E-state index is 2.35. The van der Waals surface area contributed by atoms with Gasteiger partial charge in [0.05, 0.1) is 0 Å². The molecule has 1 heteroatoms. The fourth-order valence-corrected chi connectivity index (χ4v) is 2.31. The third-order valence-electron chi connectivity index (χ3n) is 2.17. The first-order chi connectivity index (χ1) is 6.31. The molecule has 0 aromatic rings. The summed E-state index contributed by atoms with van der Waals surface area (Å²) in [6.45, 7) is 6.69. The Bertz CT molecular complexity index is 118. The van der Waals surface area contributed by atoms with E-state index in [0.29, 0.717) is 0 Å². The van der Waals surface area contributed by atoms with Crippen molar-refractivity contribution in [3.05, 3.63) is 12.2 Å². The van der Waals surface area contributed by atoms with Crippen LogP contribution >= 0.6 is 11.8 Å². The van der Waals surface area contributed by atoms with Gasteiger partial charge in [0.15, 0.2) is 0 Å². The Morgan fingerprint density at radius 1 is 1.23 bits per heavy atom. The Morgan fingerprint density at radius 2 is 2.00 bits per heavy atom. The Morgan fingerprint density at radius 3 is 2.62 bits per heavy atom. The van der Waals surface area contributed by atoms with Crippen molar-refractivity contribution in [2.24, 2.45) is 0 Å². The van der Waals surface area contributed by atoms with E-state index in [1.807, 2.05) is 0 Å². The highest BCUT2D eigenvalue weighted by Gasteiger charge is 1.99. The van der Waals surface area contributed by atoms with E-state index in [9.17, 15) is 0 Å². The van der Waals surface area contributed by atoms with Gasteiger partial charge in [-0.15, -0.1) is 0 Å². The number of rotatable bonds is 8. The number of thioether (sulfide) groups is 1. The molecule has 78 valence electrons. The smallest absolute Gasteiger partial charge is 0.00186 e. The van der Waals surface area contributed by atoms with E-state index in [2.05, 4.69) is 44.7 Å². The fraction of sp³-hybridized carbons (Fsp3) is 0.833. The van der Waals surface area contributed by atoms with E-state index < -0.39 is 0 Å². The number of hydrogen-bond donors (Lipinski definition) is 0. The zero-order valence-corrected chi connectivity index (χ0v) is 10.2. The molecule has 0 aliphatic carbocycles. The molecule has 0 fully saturated rings. The van der Waals surface area contributed by atoms with E-state index in [1.165, 1.54) is 37.9 Å². The minimum absolute atomic E-state index is 0.867. The minimum Gasteiger partial charge on any atom is -0.159 e. The zero-order valence-electron chi connectivity index (χ0n) is 9.38. The molecule has 0 saturated carbocycles. The first-order valence-electron chi connectivity index (χ1n) is 5.54. The van der Waals surface area contributed by atoms with Crippen molar-refractivity contribution in [2.75, 3.05) is 5.75 Å². The first-order valence-corrected chi connectivity index (χ1v) is 6.58. The summed E-state index contributed by atoms with van der Waals surface area (Å²) >= 11 is 2.09. The number of hydrogen-bond acceptors (Lipinski definition) is 1. The van der Waals surface area contributed by atoms with Crippen molar-refractivity contribution in [1.29, 1.82) is 0 Å². The summed E-state index contributed by atoms with van der Waals surface area (Å²) in [6, 6.07) is 0. The molecule has 0 aliphatic heterocycles. The fourth-order valence-electron chi connectivity index (χ4n) is 1.41. The van der Waals surface area contributed by atoms with Crippen LogP contribution in [-0.4, -0.2) is 11.0 Å². The van der Waals surface area contributed by atoms with Crippen LogP contribution in [0.3, 0.4) is 0 Å². The summed E-state index contributed by atoms with van der Waals surface area (Å²) in [7, 11) is 0. The molecule has 1 atom stereocenters. The molecular weight excluding hydrogens is 176 g/mol. The summed E-state index contributed by atoms with van der Waals surface area (Å²) in [5.74, 6) is 1.26. The normalized spacial score (nSPS) is 13.8. The SMILES string of the molecule is CC=CCCCCCC(C)SCC. The van der Waals surface area contributed by atoms with Gasteiger partial charge in [-0.05, 0) is 31.9 Å². The first kappa shape index (κ1) is 13.1. The van der Waals surface area contributed by atoms with E-state index in [1.54, 1.807) is 0 Å². The number of allylic oxidation sites excluding steroid dienone is 2. The van der Waals surface area contributed by atoms with Crippen LogP contribution in [-0.2, 0) is 0 Å². The van der Waals surface area contributed by atoms with Crippen LogP contribution in [0.2, 0.25) is 0 Å². The van der Waals surface area contributed by atoms with Crippen molar-refractivity contribution in [2.45, 2.75) is 58.1 Å². The molecule has 0 aromatic carbocycles. The van der Waals surface area contributed by atoms with Crippen LogP contribution in [0.4, 0.5) is 0 Å². The summed E-state index contributed by atoms with van der Waals surface area (Å²) in [4.78, 5) is 0. The Hall–Kier alpha value is 0.0900. The third kappa shape index (κ3) is 10.0. The molecule has 0 amide bonds. The Kier molecular flexibility index (Phi) is 10.2. The van der Waals surface area contributed by atoms with E-state index >= 15 is 0 Å². The van der Waals surface area contributed by atoms with Crippen molar-refractivity contribution in [3.63, 3.8) is 0 Å². The van der Waals surface area contributed by atoms with E-state index in [4.69, 9.17) is 0 Å². The average Bonchev–Trinajstić information content (AvgIpc) is 2.11. The molecule has 0 radical (unpaired) electrons. The van der Waals surface area contributed by atoms with Gasteiger partial charge in [-0.2, -0.15) is 11.8 Å². The van der Waals surface area contributed by atoms with Gasteiger partial charge in [-0.3, -0.25) is 0 Å². The highest BCUT2D eigenvalue weighted by molar-refractivity contribution is 7.99. The summed E-state index contributed by atoms with van der Waals surface area (Å²) in [6.07, 6.45) is 11.3. The largest absolute Gasteiger partial charge is 0.159 e. The molecule has 0 rings (SSSR count). The summed E-state index contributed by atoms with van der Waals surface area (Å²) in [5.41, 5.74) is 0. The molecule has 0 saturated heterocycles. The molecule has 1 unspecified atom stereocenters. The van der Waals surface area contributed by atoms with E-state index in [0.717, 1.165) is 5.25 Å². The van der Waals surface area contributed by atoms with Gasteiger partial charge in [0.25, 0.3) is 0 Å². The highest BCUT2D eigenvalue weighted by atomic mass is 32.2. The van der Waals surface area contributed by atoms with Gasteiger partial charge < -0.3 is 0 Å². The lowest BCUT2D eigenvalue weighted by Gasteiger charge is -2.08. The van der Waals surface area contributed by atoms with Crippen molar-refractivity contribution < 1.29 is 0 Å². The second-order valence-corrected chi connectivity index (χ2v) is 5.19. The van der Waals surface area contributed by atoms with Crippen LogP contribution in [0.15, 0.2) is 12.2 Å². The zero-order chi connectivity index (χ0) is 9.94. The van der Waals surface area contributed by atoms with Crippen LogP contribution < -0.4 is 0 Å². The summed E-state index contributed by atoms with van der Waals surface area (Å²) in [5, 5.41) is 0.867. The molecule has 0 nitrogen and oxygen atoms in total. The highest BCUT2D eigenvalue weighted by Crippen LogP contribution is 2.16. The van der Waals surface area contributed by atoms with Gasteiger partial charge >= 0.3 is 0 Å². The lowest BCUT2D eigenvalue weighted by Crippen LogP contribution is -1.95. The average molecular weight is 200 g/mol. The number of unbranched alkanes of at least 4 members (excludes halogenated alkanes) is 3. The van der Waals surface area contributed by atoms with Crippen molar-refractivity contribution >= 4 is 11.8 Å². The maximum absolute atomic E-state index is 2.35. The third-order valence-corrected chi connectivity index (χ3v) is 3.31. The van der Waals surface area contributed by atoms with Gasteiger partial charge in [0, 0.05) is 5.25 Å². The molecule has 0 bridgehead atoms. The predicted molar refractivity (Wildman–Crippen MR) is 65.5 cm³/mol. The van der Waals surface area contributed by atoms with Gasteiger partial charge in [-0.1, -0.05) is 38.8 Å². The van der Waals surface area contributed by atoms with Crippen molar-refractivity contribution in [1.82, 2.24) is 0 Å². The maximum Gasteiger partial charge on any atom is 0.00186 e. The second kappa shape index (κ2) is 10.2. The Balaban J connectivity index is 3.06. The van der Waals surface area contributed by atoms with Crippen molar-refractivity contribution in [3.8, 4) is 0 Å². The molecule has 13 heavy (non-hydrogen) atoms. The lowest BCUT2D eigenvalue weighted by atomic mass is 10.1.